The van der Waals surface area contributed by atoms with Crippen LogP contribution in [0.4, 0.5) is 11.5 Å². The lowest BCUT2D eigenvalue weighted by Gasteiger charge is -2.42. The van der Waals surface area contributed by atoms with Crippen LogP contribution >= 0.6 is 34.2 Å². The number of nitriles is 1. The monoisotopic (exact) mass is 907 g/mol. The minimum Gasteiger partial charge on any atom is -0.489 e. The summed E-state index contributed by atoms with van der Waals surface area (Å²) in [7, 11) is 0. The third-order valence-electron chi connectivity index (χ3n) is 11.6. The second-order valence-corrected chi connectivity index (χ2v) is 16.8. The molecule has 0 saturated carbocycles. The third-order valence-corrected chi connectivity index (χ3v) is 12.6. The van der Waals surface area contributed by atoms with Crippen LogP contribution in [0.2, 0.25) is 5.02 Å². The fraction of sp³-hybridized carbons (Fsp3) is 0.348. The Morgan fingerprint density at radius 3 is 2.59 bits per heavy atom. The first kappa shape index (κ1) is 39.9. The van der Waals surface area contributed by atoms with E-state index in [0.717, 1.165) is 95.2 Å². The van der Waals surface area contributed by atoms with Gasteiger partial charge in [0.05, 0.1) is 35.8 Å². The number of hydrogen-bond donors (Lipinski definition) is 0. The summed E-state index contributed by atoms with van der Waals surface area (Å²) in [5.41, 5.74) is 5.52. The number of hydrogen-bond acceptors (Lipinski definition) is 9. The molecule has 5 aromatic rings. The SMILES string of the molecule is C=CC(=O)N1CCN(c2nc(OC[C@@H]3CCCN3CCc3ccc(OCc4cccc(I)c4)cc3)nc3c2CCN(c2cccc4cccc(Cl)c24)C3)C[C@@H]1CC#N. The Morgan fingerprint density at radius 1 is 0.948 bits per heavy atom. The van der Waals surface area contributed by atoms with Crippen LogP contribution in [0.5, 0.6) is 11.8 Å². The fourth-order valence-corrected chi connectivity index (χ4v) is 9.45. The first-order valence-electron chi connectivity index (χ1n) is 20.1. The van der Waals surface area contributed by atoms with Crippen molar-refractivity contribution < 1.29 is 14.3 Å². The number of anilines is 2. The highest BCUT2D eigenvalue weighted by molar-refractivity contribution is 14.1. The van der Waals surface area contributed by atoms with Gasteiger partial charge in [0.2, 0.25) is 5.91 Å². The Bertz CT molecular complexity index is 2310. The second-order valence-electron chi connectivity index (χ2n) is 15.2. The zero-order valence-corrected chi connectivity index (χ0v) is 35.4. The molecule has 1 amide bonds. The second kappa shape index (κ2) is 18.4. The average Bonchev–Trinajstić information content (AvgIpc) is 3.71. The first-order valence-corrected chi connectivity index (χ1v) is 21.5. The van der Waals surface area contributed by atoms with Crippen molar-refractivity contribution >= 4 is 62.4 Å². The molecule has 0 bridgehead atoms. The van der Waals surface area contributed by atoms with Gasteiger partial charge in [-0.1, -0.05) is 66.7 Å². The van der Waals surface area contributed by atoms with Gasteiger partial charge in [-0.2, -0.15) is 15.2 Å². The largest absolute Gasteiger partial charge is 0.489 e. The van der Waals surface area contributed by atoms with Crippen molar-refractivity contribution in [2.75, 3.05) is 55.7 Å². The lowest BCUT2D eigenvalue weighted by atomic mass is 10.0. The quantitative estimate of drug-likeness (QED) is 0.0856. The van der Waals surface area contributed by atoms with E-state index in [2.05, 4.69) is 123 Å². The van der Waals surface area contributed by atoms with Crippen LogP contribution in [0.3, 0.4) is 0 Å². The van der Waals surface area contributed by atoms with E-state index in [1.54, 1.807) is 4.90 Å². The van der Waals surface area contributed by atoms with Crippen LogP contribution < -0.4 is 19.3 Å². The lowest BCUT2D eigenvalue weighted by Crippen LogP contribution is -2.55. The molecule has 10 nitrogen and oxygen atoms in total. The number of fused-ring (bicyclic) bond motifs is 2. The van der Waals surface area contributed by atoms with Gasteiger partial charge in [-0.3, -0.25) is 9.69 Å². The van der Waals surface area contributed by atoms with Crippen molar-refractivity contribution in [3.8, 4) is 17.8 Å². The molecule has 12 heteroatoms. The number of carbonyl (C=O) groups excluding carboxylic acids is 1. The summed E-state index contributed by atoms with van der Waals surface area (Å²) >= 11 is 9.11. The third kappa shape index (κ3) is 9.04. The predicted octanol–water partition coefficient (Wildman–Crippen LogP) is 8.23. The zero-order valence-electron chi connectivity index (χ0n) is 32.5. The number of halogens is 2. The van der Waals surface area contributed by atoms with Gasteiger partial charge < -0.3 is 24.2 Å². The zero-order chi connectivity index (χ0) is 40.0. The molecule has 2 fully saturated rings. The summed E-state index contributed by atoms with van der Waals surface area (Å²) in [5.74, 6) is 1.55. The van der Waals surface area contributed by atoms with E-state index in [-0.39, 0.29) is 24.4 Å². The number of ether oxygens (including phenoxy) is 2. The number of aromatic nitrogens is 2. The molecule has 0 radical (unpaired) electrons. The van der Waals surface area contributed by atoms with Crippen LogP contribution in [0.25, 0.3) is 10.8 Å². The topological polar surface area (TPSA) is 98.1 Å². The summed E-state index contributed by atoms with van der Waals surface area (Å²) in [5, 5.41) is 12.5. The van der Waals surface area contributed by atoms with Gasteiger partial charge in [0, 0.05) is 59.0 Å². The number of piperazine rings is 1. The summed E-state index contributed by atoms with van der Waals surface area (Å²) in [6, 6.07) is 31.8. The maximum Gasteiger partial charge on any atom is 0.318 e. The number of rotatable bonds is 13. The molecule has 2 saturated heterocycles. The lowest BCUT2D eigenvalue weighted by molar-refractivity contribution is -0.128. The summed E-state index contributed by atoms with van der Waals surface area (Å²) in [6.45, 7) is 9.60. The number of nitrogens with zero attached hydrogens (tertiary/aromatic N) is 7. The van der Waals surface area contributed by atoms with Crippen LogP contribution in [0, 0.1) is 14.9 Å². The van der Waals surface area contributed by atoms with Crippen molar-refractivity contribution in [3.63, 3.8) is 0 Å². The highest BCUT2D eigenvalue weighted by Gasteiger charge is 2.34. The number of benzene rings is 4. The molecular weight excluding hydrogens is 861 g/mol. The molecule has 58 heavy (non-hydrogen) atoms. The maximum atomic E-state index is 12.7. The van der Waals surface area contributed by atoms with Gasteiger partial charge >= 0.3 is 6.01 Å². The molecule has 1 aromatic heterocycles. The van der Waals surface area contributed by atoms with Gasteiger partial charge in [-0.25, -0.2) is 0 Å². The Labute approximate surface area is 359 Å². The predicted molar refractivity (Wildman–Crippen MR) is 238 cm³/mol. The molecule has 2 atom stereocenters. The molecule has 0 unspecified atom stereocenters. The van der Waals surface area contributed by atoms with E-state index in [4.69, 9.17) is 31.0 Å². The number of carbonyl (C=O) groups is 1. The van der Waals surface area contributed by atoms with E-state index in [1.165, 1.54) is 15.2 Å². The van der Waals surface area contributed by atoms with E-state index >= 15 is 0 Å². The molecular formula is C46H47ClIN7O3. The fourth-order valence-electron chi connectivity index (χ4n) is 8.56. The van der Waals surface area contributed by atoms with E-state index in [0.29, 0.717) is 45.4 Å². The molecule has 3 aliphatic heterocycles. The minimum absolute atomic E-state index is 0.154. The molecule has 0 spiro atoms. The first-order chi connectivity index (χ1) is 28.4. The van der Waals surface area contributed by atoms with Crippen molar-refractivity contribution in [3.05, 3.63) is 129 Å². The molecule has 0 aliphatic carbocycles. The highest BCUT2D eigenvalue weighted by atomic mass is 127. The Balaban J connectivity index is 0.979. The minimum atomic E-state index is -0.272. The number of amides is 1. The van der Waals surface area contributed by atoms with Crippen molar-refractivity contribution in [1.82, 2.24) is 19.8 Å². The maximum absolute atomic E-state index is 12.7. The van der Waals surface area contributed by atoms with Crippen LogP contribution in [0.1, 0.15) is 41.6 Å². The van der Waals surface area contributed by atoms with Crippen LogP contribution in [-0.2, 0) is 30.8 Å². The van der Waals surface area contributed by atoms with E-state index in [1.807, 2.05) is 12.1 Å². The van der Waals surface area contributed by atoms with Crippen molar-refractivity contribution in [1.29, 1.82) is 5.26 Å². The van der Waals surface area contributed by atoms with E-state index < -0.39 is 0 Å². The molecule has 8 rings (SSSR count). The molecule has 4 heterocycles. The molecule has 3 aliphatic rings. The van der Waals surface area contributed by atoms with Crippen LogP contribution in [-0.4, -0.2) is 83.6 Å². The molecule has 0 N–H and O–H groups in total. The van der Waals surface area contributed by atoms with Gasteiger partial charge in [-0.05, 0) is 114 Å². The van der Waals surface area contributed by atoms with Gasteiger partial charge in [0.25, 0.3) is 0 Å². The summed E-state index contributed by atoms with van der Waals surface area (Å²) in [4.78, 5) is 31.8. The summed E-state index contributed by atoms with van der Waals surface area (Å²) in [6.07, 6.45) is 5.39. The normalized spacial score (nSPS) is 18.2. The Hall–Kier alpha value is -4.90. The average molecular weight is 908 g/mol. The Kier molecular flexibility index (Phi) is 12.6. The van der Waals surface area contributed by atoms with Gasteiger partial charge in [0.1, 0.15) is 24.8 Å². The van der Waals surface area contributed by atoms with Gasteiger partial charge in [0.15, 0.2) is 0 Å². The van der Waals surface area contributed by atoms with Crippen LogP contribution in [0.15, 0.2) is 97.6 Å². The van der Waals surface area contributed by atoms with Crippen molar-refractivity contribution in [2.45, 2.75) is 57.3 Å². The standard InChI is InChI=1S/C46H47ClIN7O3/c1-2-43(56)55-26-25-54(28-36(55)18-21-49)45-39-20-24-53(42-13-5-9-34-8-4-12-40(47)44(34)42)29-41(39)50-46(51-45)58-31-37-11-6-22-52(37)23-19-32-14-16-38(17-15-32)57-30-33-7-3-10-35(48)27-33/h2-5,7-10,12-17,27,36-37H,1,6,11,18-20,22-26,28-31H2/t36-,37-/m0/s1. The van der Waals surface area contributed by atoms with Gasteiger partial charge in [-0.15, -0.1) is 0 Å². The smallest absolute Gasteiger partial charge is 0.318 e. The highest BCUT2D eigenvalue weighted by Crippen LogP contribution is 2.37. The molecule has 298 valence electrons. The van der Waals surface area contributed by atoms with Crippen molar-refractivity contribution in [2.24, 2.45) is 0 Å². The molecule has 4 aromatic carbocycles. The Morgan fingerprint density at radius 2 is 1.78 bits per heavy atom. The van der Waals surface area contributed by atoms with E-state index in [9.17, 15) is 10.1 Å². The summed E-state index contributed by atoms with van der Waals surface area (Å²) < 4.78 is 13.8. The number of likely N-dealkylation sites (tertiary alicyclic amines) is 1.